The minimum absolute atomic E-state index is 0.0591. The molecule has 0 saturated carbocycles. The van der Waals surface area contributed by atoms with E-state index in [0.717, 1.165) is 14.8 Å². The molecule has 1 aliphatic heterocycles. The molecule has 0 spiro atoms. The van der Waals surface area contributed by atoms with Crippen LogP contribution in [0.2, 0.25) is 0 Å². The molecule has 0 radical (unpaired) electrons. The molecule has 2 aromatic rings. The Labute approximate surface area is 130 Å². The summed E-state index contributed by atoms with van der Waals surface area (Å²) in [5.41, 5.74) is 2.61. The third-order valence-electron chi connectivity index (χ3n) is 3.13. The molecule has 3 rings (SSSR count). The Balaban J connectivity index is 1.92. The molecule has 0 aliphatic carbocycles. The molecule has 0 unspecified atom stereocenters. The number of hydrogen-bond acceptors (Lipinski definition) is 3. The molecule has 100 valence electrons. The zero-order valence-electron chi connectivity index (χ0n) is 10.8. The van der Waals surface area contributed by atoms with E-state index in [1.165, 1.54) is 0 Å². The van der Waals surface area contributed by atoms with Gasteiger partial charge in [0.1, 0.15) is 5.75 Å². The summed E-state index contributed by atoms with van der Waals surface area (Å²) in [6.07, 6.45) is 1.77. The van der Waals surface area contributed by atoms with Crippen molar-refractivity contribution in [2.24, 2.45) is 0 Å². The lowest BCUT2D eigenvalue weighted by Crippen LogP contribution is -1.98. The zero-order chi connectivity index (χ0) is 14.1. The first-order chi connectivity index (χ1) is 9.67. The molecule has 0 atom stereocenters. The van der Waals surface area contributed by atoms with Gasteiger partial charge in [-0.15, -0.1) is 0 Å². The van der Waals surface area contributed by atoms with Gasteiger partial charge in [-0.3, -0.25) is 4.79 Å². The van der Waals surface area contributed by atoms with Gasteiger partial charge in [-0.25, -0.2) is 0 Å². The lowest BCUT2D eigenvalue weighted by molar-refractivity contribution is 0.101. The van der Waals surface area contributed by atoms with Crippen LogP contribution in [-0.2, 0) is 0 Å². The standard InChI is InChI=1S/C16H12INO2/c1-18-12-5-2-10(3-6-12)8-15-16(19)13-9-11(17)4-7-14(13)20-15/h2-9,18H,1H3/i17-2. The highest BCUT2D eigenvalue weighted by molar-refractivity contribution is 14.1. The summed E-state index contributed by atoms with van der Waals surface area (Å²) in [6, 6.07) is 13.4. The van der Waals surface area contributed by atoms with Crippen molar-refractivity contribution in [2.45, 2.75) is 0 Å². The first-order valence-corrected chi connectivity index (χ1v) is 7.27. The van der Waals surface area contributed by atoms with E-state index in [9.17, 15) is 4.79 Å². The number of Topliss-reactive ketones (excluding diaryl/α,β-unsaturated/α-hetero) is 1. The van der Waals surface area contributed by atoms with Crippen molar-refractivity contribution >= 4 is 40.1 Å². The summed E-state index contributed by atoms with van der Waals surface area (Å²) in [6.45, 7) is 0. The van der Waals surface area contributed by atoms with Crippen LogP contribution >= 0.6 is 22.6 Å². The number of carbonyl (C=O) groups is 1. The lowest BCUT2D eigenvalue weighted by Gasteiger charge is -2.01. The van der Waals surface area contributed by atoms with E-state index in [0.29, 0.717) is 17.1 Å². The number of allylic oxidation sites excluding steroid dienone is 1. The van der Waals surface area contributed by atoms with Crippen LogP contribution < -0.4 is 10.1 Å². The number of ketones is 1. The smallest absolute Gasteiger partial charge is 0.232 e. The number of hydrogen-bond donors (Lipinski definition) is 1. The molecule has 0 bridgehead atoms. The predicted octanol–water partition coefficient (Wildman–Crippen LogP) is 3.95. The largest absolute Gasteiger partial charge is 0.452 e. The van der Waals surface area contributed by atoms with Crippen LogP contribution in [0.5, 0.6) is 5.75 Å². The Hall–Kier alpha value is -1.82. The van der Waals surface area contributed by atoms with Crippen molar-refractivity contribution in [3.8, 4) is 5.75 Å². The van der Waals surface area contributed by atoms with Gasteiger partial charge in [-0.2, -0.15) is 0 Å². The maximum Gasteiger partial charge on any atom is 0.232 e. The average molecular weight is 375 g/mol. The third-order valence-corrected chi connectivity index (χ3v) is 3.80. The number of ether oxygens (including phenoxy) is 1. The molecule has 0 aromatic heterocycles. The summed E-state index contributed by atoms with van der Waals surface area (Å²) in [7, 11) is 1.87. The van der Waals surface area contributed by atoms with E-state index in [4.69, 9.17) is 4.74 Å². The van der Waals surface area contributed by atoms with Crippen molar-refractivity contribution in [3.63, 3.8) is 0 Å². The predicted molar refractivity (Wildman–Crippen MR) is 88.1 cm³/mol. The molecule has 0 saturated heterocycles. The van der Waals surface area contributed by atoms with E-state index >= 15 is 0 Å². The highest BCUT2D eigenvalue weighted by Gasteiger charge is 2.27. The van der Waals surface area contributed by atoms with E-state index in [-0.39, 0.29) is 5.78 Å². The quantitative estimate of drug-likeness (QED) is 0.638. The molecular formula is C16H12INO2. The monoisotopic (exact) mass is 375 g/mol. The molecule has 4 heteroatoms. The van der Waals surface area contributed by atoms with Gasteiger partial charge >= 0.3 is 0 Å². The Bertz CT molecular complexity index is 705. The number of fused-ring (bicyclic) bond motifs is 1. The SMILES string of the molecule is CNc1ccc(C=C2Oc3ccc([125I])cc3C2=O)cc1. The van der Waals surface area contributed by atoms with Gasteiger partial charge in [-0.05, 0) is 64.6 Å². The number of anilines is 1. The van der Waals surface area contributed by atoms with Crippen molar-refractivity contribution in [2.75, 3.05) is 12.4 Å². The molecule has 20 heavy (non-hydrogen) atoms. The van der Waals surface area contributed by atoms with Crippen molar-refractivity contribution in [3.05, 3.63) is 62.9 Å². The number of carbonyl (C=O) groups excluding carboxylic acids is 1. The molecule has 0 amide bonds. The molecule has 3 nitrogen and oxygen atoms in total. The van der Waals surface area contributed by atoms with E-state index < -0.39 is 0 Å². The summed E-state index contributed by atoms with van der Waals surface area (Å²) < 4.78 is 6.65. The fourth-order valence-corrected chi connectivity index (χ4v) is 2.55. The Kier molecular flexibility index (Phi) is 3.48. The highest BCUT2D eigenvalue weighted by atomic mass is 125. The summed E-state index contributed by atoms with van der Waals surface area (Å²) >= 11 is 2.19. The number of nitrogens with one attached hydrogen (secondary N) is 1. The van der Waals surface area contributed by atoms with Gasteiger partial charge in [-0.1, -0.05) is 12.1 Å². The lowest BCUT2D eigenvalue weighted by atomic mass is 10.1. The van der Waals surface area contributed by atoms with Crippen LogP contribution in [0.1, 0.15) is 15.9 Å². The molecule has 0 fully saturated rings. The first-order valence-electron chi connectivity index (χ1n) is 6.19. The molecule has 1 heterocycles. The van der Waals surface area contributed by atoms with Crippen molar-refractivity contribution < 1.29 is 9.53 Å². The van der Waals surface area contributed by atoms with Crippen LogP contribution in [-0.4, -0.2) is 12.8 Å². The van der Waals surface area contributed by atoms with Gasteiger partial charge in [0.05, 0.1) is 5.56 Å². The van der Waals surface area contributed by atoms with Gasteiger partial charge in [0.25, 0.3) is 0 Å². The third kappa shape index (κ3) is 2.43. The second-order valence-corrected chi connectivity index (χ2v) is 5.70. The topological polar surface area (TPSA) is 38.3 Å². The van der Waals surface area contributed by atoms with Gasteiger partial charge in [0.15, 0.2) is 5.76 Å². The minimum Gasteiger partial charge on any atom is -0.452 e. The number of halogens is 1. The molecule has 2 aromatic carbocycles. The minimum atomic E-state index is -0.0591. The Morgan fingerprint density at radius 1 is 1.15 bits per heavy atom. The van der Waals surface area contributed by atoms with Crippen LogP contribution in [0.25, 0.3) is 6.08 Å². The molecular weight excluding hydrogens is 363 g/mol. The highest BCUT2D eigenvalue weighted by Crippen LogP contribution is 2.32. The van der Waals surface area contributed by atoms with Crippen LogP contribution in [0.15, 0.2) is 48.2 Å². The second kappa shape index (κ2) is 5.28. The summed E-state index contributed by atoms with van der Waals surface area (Å²) in [5, 5.41) is 3.06. The first kappa shape index (κ1) is 13.2. The fraction of sp³-hybridized carbons (Fsp3) is 0.0625. The number of rotatable bonds is 2. The van der Waals surface area contributed by atoms with Crippen molar-refractivity contribution in [1.82, 2.24) is 0 Å². The normalized spacial score (nSPS) is 15.1. The maximum atomic E-state index is 12.3. The average Bonchev–Trinajstić information content (AvgIpc) is 2.76. The summed E-state index contributed by atoms with van der Waals surface area (Å²) in [4.78, 5) is 12.3. The fourth-order valence-electron chi connectivity index (χ4n) is 2.06. The number of benzene rings is 2. The molecule has 1 N–H and O–H groups in total. The Morgan fingerprint density at radius 3 is 2.60 bits per heavy atom. The second-order valence-electron chi connectivity index (χ2n) is 4.45. The van der Waals surface area contributed by atoms with E-state index in [1.807, 2.05) is 49.5 Å². The van der Waals surface area contributed by atoms with Gasteiger partial charge < -0.3 is 10.1 Å². The van der Waals surface area contributed by atoms with E-state index in [1.54, 1.807) is 6.08 Å². The van der Waals surface area contributed by atoms with Gasteiger partial charge in [0.2, 0.25) is 5.78 Å². The van der Waals surface area contributed by atoms with Crippen LogP contribution in [0, 0.1) is 3.57 Å². The van der Waals surface area contributed by atoms with Crippen LogP contribution in [0.3, 0.4) is 0 Å². The van der Waals surface area contributed by atoms with E-state index in [2.05, 4.69) is 27.9 Å². The summed E-state index contributed by atoms with van der Waals surface area (Å²) in [5.74, 6) is 0.948. The Morgan fingerprint density at radius 2 is 1.90 bits per heavy atom. The molecule has 1 aliphatic rings. The zero-order valence-corrected chi connectivity index (χ0v) is 13.0. The van der Waals surface area contributed by atoms with Crippen molar-refractivity contribution in [1.29, 1.82) is 0 Å². The van der Waals surface area contributed by atoms with Gasteiger partial charge in [0, 0.05) is 16.3 Å². The van der Waals surface area contributed by atoms with Crippen LogP contribution in [0.4, 0.5) is 5.69 Å². The maximum absolute atomic E-state index is 12.3.